The number of carboxylic acid groups (broad SMARTS) is 1. The maximum Gasteiger partial charge on any atom is 0.412 e. The normalized spacial score (nSPS) is 12.5. The molecule has 0 aliphatic carbocycles. The number of pyridine rings is 2. The van der Waals surface area contributed by atoms with Gasteiger partial charge in [0.15, 0.2) is 36.4 Å². The number of hydrogen-bond donors (Lipinski definition) is 5. The number of nitrogens with one attached hydrogen (secondary N) is 2. The lowest BCUT2D eigenvalue weighted by Gasteiger charge is -2.13. The van der Waals surface area contributed by atoms with E-state index in [1.54, 1.807) is 41.4 Å². The smallest absolute Gasteiger partial charge is 0.412 e. The molecule has 57 heavy (non-hydrogen) atoms. The van der Waals surface area contributed by atoms with Crippen LogP contribution in [0.15, 0.2) is 110 Å². The summed E-state index contributed by atoms with van der Waals surface area (Å²) < 4.78 is 13.6. The summed E-state index contributed by atoms with van der Waals surface area (Å²) in [5.41, 5.74) is 3.04. The molecule has 0 fully saturated rings. The number of aromatic nitrogens is 2. The molecule has 0 bridgehead atoms. The predicted molar refractivity (Wildman–Crippen MR) is 211 cm³/mol. The van der Waals surface area contributed by atoms with Crippen molar-refractivity contribution in [1.82, 2.24) is 10.6 Å². The molecule has 0 aliphatic rings. The van der Waals surface area contributed by atoms with Gasteiger partial charge in [-0.05, 0) is 55.9 Å². The van der Waals surface area contributed by atoms with Crippen LogP contribution in [0.4, 0.5) is 9.59 Å². The van der Waals surface area contributed by atoms with Crippen LogP contribution >= 0.6 is 12.4 Å². The number of carbonyl (C=O) groups is 5. The summed E-state index contributed by atoms with van der Waals surface area (Å²) in [5, 5.41) is 32.6. The average molecular weight is 809 g/mol. The van der Waals surface area contributed by atoms with E-state index in [4.69, 9.17) is 24.8 Å². The van der Waals surface area contributed by atoms with Crippen molar-refractivity contribution in [1.29, 1.82) is 0 Å². The fourth-order valence-corrected chi connectivity index (χ4v) is 5.39. The van der Waals surface area contributed by atoms with Crippen molar-refractivity contribution in [2.24, 2.45) is 11.8 Å². The zero-order valence-corrected chi connectivity index (χ0v) is 33.2. The number of carbonyl (C=O) groups excluding carboxylic acids is 4. The molecule has 2 amide bonds. The molecule has 2 aromatic heterocycles. The Morgan fingerprint density at radius 1 is 0.614 bits per heavy atom. The van der Waals surface area contributed by atoms with Crippen LogP contribution in [0, 0.1) is 11.8 Å². The third-order valence-electron chi connectivity index (χ3n) is 8.39. The minimum atomic E-state index is -1.23. The molecule has 0 saturated carbocycles. The summed E-state index contributed by atoms with van der Waals surface area (Å²) in [6.07, 6.45) is 6.74. The van der Waals surface area contributed by atoms with Crippen molar-refractivity contribution in [2.75, 3.05) is 13.2 Å². The molecule has 14 nitrogen and oxygen atoms in total. The monoisotopic (exact) mass is 808 g/mol. The number of amides is 2. The van der Waals surface area contributed by atoms with E-state index >= 15 is 0 Å². The van der Waals surface area contributed by atoms with Gasteiger partial charge < -0.3 is 35.4 Å². The fourth-order valence-electron chi connectivity index (χ4n) is 5.39. The predicted octanol–water partition coefficient (Wildman–Crippen LogP) is 4.47. The quantitative estimate of drug-likeness (QED) is 0.0667. The van der Waals surface area contributed by atoms with Crippen LogP contribution in [0.5, 0.6) is 0 Å². The zero-order valence-electron chi connectivity index (χ0n) is 32.4. The molecule has 2 aromatic carbocycles. The topological polar surface area (TPSA) is 196 Å². The SMILES string of the molecule is C[C@@H](Cc1ccccc1)NC(=O)OC[n+]1cccc(C(=O)C[C@@H](CO)C(=O)O)c1.C[C@H](CO)CC(=O)c1ccc[n+](COC(=O)N[C@@H](C)Cc2ccccc2)c1.Cl. The number of aliphatic carboxylic acids is 1. The fraction of sp³-hybridized carbons (Fsp3) is 0.357. The Balaban J connectivity index is 0.000000388. The molecule has 0 spiro atoms. The summed E-state index contributed by atoms with van der Waals surface area (Å²) in [4.78, 5) is 59.3. The molecular formula is C42H53ClN4O10+2. The molecule has 4 atom stereocenters. The molecule has 5 N–H and O–H groups in total. The third-order valence-corrected chi connectivity index (χ3v) is 8.39. The van der Waals surface area contributed by atoms with Gasteiger partial charge in [0.25, 0.3) is 13.5 Å². The first-order valence-electron chi connectivity index (χ1n) is 18.3. The van der Waals surface area contributed by atoms with Crippen molar-refractivity contribution >= 4 is 42.1 Å². The van der Waals surface area contributed by atoms with Crippen LogP contribution in [0.3, 0.4) is 0 Å². The summed E-state index contributed by atoms with van der Waals surface area (Å²) in [6, 6.07) is 26.1. The number of benzene rings is 2. The zero-order chi connectivity index (χ0) is 40.9. The number of carboxylic acids is 1. The lowest BCUT2D eigenvalue weighted by molar-refractivity contribution is -0.727. The minimum absolute atomic E-state index is 0. The molecule has 0 saturated heterocycles. The van der Waals surface area contributed by atoms with E-state index in [0.717, 1.165) is 17.5 Å². The summed E-state index contributed by atoms with van der Waals surface area (Å²) >= 11 is 0. The number of aliphatic hydroxyl groups is 2. The first kappa shape index (κ1) is 47.5. The molecule has 15 heteroatoms. The van der Waals surface area contributed by atoms with E-state index in [1.165, 1.54) is 16.8 Å². The molecule has 4 aromatic rings. The second-order valence-corrected chi connectivity index (χ2v) is 13.6. The molecule has 2 heterocycles. The van der Waals surface area contributed by atoms with Crippen molar-refractivity contribution in [3.63, 3.8) is 0 Å². The summed E-state index contributed by atoms with van der Waals surface area (Å²) in [7, 11) is 0. The van der Waals surface area contributed by atoms with Crippen LogP contribution in [-0.2, 0) is 40.6 Å². The average Bonchev–Trinajstić information content (AvgIpc) is 3.19. The van der Waals surface area contributed by atoms with Gasteiger partial charge in [0.2, 0.25) is 0 Å². The highest BCUT2D eigenvalue weighted by Gasteiger charge is 2.23. The number of ketones is 2. The Morgan fingerprint density at radius 3 is 1.42 bits per heavy atom. The largest absolute Gasteiger partial charge is 0.481 e. The number of ether oxygens (including phenoxy) is 2. The van der Waals surface area contributed by atoms with Gasteiger partial charge in [0, 0.05) is 43.7 Å². The second kappa shape index (κ2) is 25.5. The highest BCUT2D eigenvalue weighted by Crippen LogP contribution is 2.10. The maximum atomic E-state index is 12.2. The van der Waals surface area contributed by atoms with Crippen LogP contribution in [0.25, 0.3) is 0 Å². The Labute approximate surface area is 338 Å². The minimum Gasteiger partial charge on any atom is -0.481 e. The van der Waals surface area contributed by atoms with Crippen LogP contribution in [0.1, 0.15) is 65.5 Å². The van der Waals surface area contributed by atoms with E-state index in [-0.39, 0.29) is 74.7 Å². The van der Waals surface area contributed by atoms with Crippen molar-refractivity contribution in [2.45, 2.75) is 72.0 Å². The van der Waals surface area contributed by atoms with Crippen molar-refractivity contribution in [3.8, 4) is 0 Å². The van der Waals surface area contributed by atoms with E-state index in [9.17, 15) is 24.0 Å². The number of halogens is 1. The number of hydrogen-bond acceptors (Lipinski definition) is 9. The lowest BCUT2D eigenvalue weighted by Crippen LogP contribution is -2.41. The Hall–Kier alpha value is -5.70. The van der Waals surface area contributed by atoms with E-state index in [2.05, 4.69) is 10.6 Å². The van der Waals surface area contributed by atoms with Crippen LogP contribution in [0.2, 0.25) is 0 Å². The van der Waals surface area contributed by atoms with Gasteiger partial charge in [-0.1, -0.05) is 67.6 Å². The molecule has 0 unspecified atom stereocenters. The van der Waals surface area contributed by atoms with Gasteiger partial charge in [-0.2, -0.15) is 9.13 Å². The first-order chi connectivity index (χ1) is 26.9. The molecule has 4 rings (SSSR count). The Kier molecular flexibility index (Phi) is 21.2. The molecule has 0 radical (unpaired) electrons. The highest BCUT2D eigenvalue weighted by atomic mass is 35.5. The number of aliphatic hydroxyl groups excluding tert-OH is 2. The first-order valence-corrected chi connectivity index (χ1v) is 18.3. The second-order valence-electron chi connectivity index (χ2n) is 13.6. The van der Waals surface area contributed by atoms with Crippen LogP contribution in [-0.4, -0.2) is 70.3 Å². The highest BCUT2D eigenvalue weighted by molar-refractivity contribution is 5.97. The van der Waals surface area contributed by atoms with Gasteiger partial charge in [0.05, 0.1) is 23.7 Å². The molecule has 306 valence electrons. The summed E-state index contributed by atoms with van der Waals surface area (Å²) in [5.74, 6) is -2.92. The van der Waals surface area contributed by atoms with Gasteiger partial charge in [-0.25, -0.2) is 9.59 Å². The van der Waals surface area contributed by atoms with Crippen molar-refractivity contribution < 1.29 is 57.9 Å². The van der Waals surface area contributed by atoms with E-state index in [1.807, 2.05) is 81.4 Å². The van der Waals surface area contributed by atoms with Gasteiger partial charge in [-0.15, -0.1) is 12.4 Å². The van der Waals surface area contributed by atoms with Gasteiger partial charge in [0.1, 0.15) is 0 Å². The van der Waals surface area contributed by atoms with Crippen molar-refractivity contribution in [3.05, 3.63) is 132 Å². The Bertz CT molecular complexity index is 1870. The number of Topliss-reactive ketones (excluding diaryl/α,β-unsaturated/α-hetero) is 2. The standard InChI is InChI=1S/C21H24N2O6.C21H26N2O4.ClH/c1-15(10-16-6-3-2-4-7-16)22-21(28)29-14-23-9-5-8-17(12-23)19(25)11-18(13-24)20(26)27;1-16(14-24)11-20(25)19-9-6-10-23(13-19)15-27-21(26)22-17(2)12-18-7-4-3-5-8-18;/h2-9,12,15,18,24H,10-11,13-14H2,1H3,(H-,22,26,27,28);3-10,13,16-17,24H,11-12,14-15H2,1-2H3;1H/p+2/t15-,18-;16-,17-;/m00./s1. The third kappa shape index (κ3) is 18.2. The van der Waals surface area contributed by atoms with E-state index < -0.39 is 36.5 Å². The number of rotatable bonds is 19. The summed E-state index contributed by atoms with van der Waals surface area (Å²) in [6.45, 7) is 4.89. The van der Waals surface area contributed by atoms with E-state index in [0.29, 0.717) is 12.0 Å². The molecule has 0 aliphatic heterocycles. The van der Waals surface area contributed by atoms with Gasteiger partial charge in [-0.3, -0.25) is 14.4 Å². The van der Waals surface area contributed by atoms with Crippen LogP contribution < -0.4 is 19.8 Å². The molecular weight excluding hydrogens is 756 g/mol. The number of alkyl carbamates (subject to hydrolysis) is 2. The lowest BCUT2D eigenvalue weighted by atomic mass is 10.00. The number of nitrogens with zero attached hydrogens (tertiary/aromatic N) is 2. The maximum absolute atomic E-state index is 12.2. The Morgan fingerprint density at radius 2 is 1.04 bits per heavy atom. The van der Waals surface area contributed by atoms with Gasteiger partial charge >= 0.3 is 18.2 Å².